The molecule has 0 spiro atoms. The Morgan fingerprint density at radius 2 is 2.11 bits per heavy atom. The average Bonchev–Trinajstić information content (AvgIpc) is 3.58. The van der Waals surface area contributed by atoms with Gasteiger partial charge in [-0.3, -0.25) is 4.79 Å². The molecule has 1 aliphatic rings. The van der Waals surface area contributed by atoms with Crippen LogP contribution in [-0.2, 0) is 0 Å². The van der Waals surface area contributed by atoms with Crippen molar-refractivity contribution in [1.82, 2.24) is 29.2 Å². The van der Waals surface area contributed by atoms with E-state index in [1.807, 2.05) is 19.2 Å². The summed E-state index contributed by atoms with van der Waals surface area (Å²) in [5, 5.41) is 4.41. The van der Waals surface area contributed by atoms with Gasteiger partial charge in [0.25, 0.3) is 5.91 Å². The van der Waals surface area contributed by atoms with E-state index in [4.69, 9.17) is 17.3 Å². The van der Waals surface area contributed by atoms with Crippen LogP contribution in [0.25, 0.3) is 5.65 Å². The van der Waals surface area contributed by atoms with Crippen LogP contribution in [0.2, 0.25) is 5.02 Å². The first-order valence-corrected chi connectivity index (χ1v) is 13.2. The maximum absolute atomic E-state index is 12.3. The number of nitrogens with two attached hydrogens (primary N) is 1. The number of nitrogens with zero attached hydrogens (tertiary/aromatic N) is 7. The molecule has 0 bridgehead atoms. The fraction of sp³-hybridized carbons (Fsp3) is 0.348. The van der Waals surface area contributed by atoms with E-state index >= 15 is 0 Å². The van der Waals surface area contributed by atoms with Crippen LogP contribution in [0.3, 0.4) is 0 Å². The zero-order chi connectivity index (χ0) is 24.7. The second-order valence-corrected chi connectivity index (χ2v) is 11.0. The largest absolute Gasteiger partial charge is 0.354 e. The first-order valence-electron chi connectivity index (χ1n) is 11.1. The van der Waals surface area contributed by atoms with Crippen LogP contribution in [-0.4, -0.2) is 68.9 Å². The molecule has 12 heteroatoms. The van der Waals surface area contributed by atoms with Gasteiger partial charge in [-0.25, -0.2) is 19.9 Å². The molecule has 4 aromatic rings. The molecule has 1 fully saturated rings. The predicted molar refractivity (Wildman–Crippen MR) is 139 cm³/mol. The summed E-state index contributed by atoms with van der Waals surface area (Å²) in [6.07, 6.45) is 7.06. The van der Waals surface area contributed by atoms with Gasteiger partial charge >= 0.3 is 0 Å². The first kappa shape index (κ1) is 24.0. The number of hydrogen-bond acceptors (Lipinski definition) is 9. The number of amides is 1. The Bertz CT molecular complexity index is 1370. The van der Waals surface area contributed by atoms with Crippen molar-refractivity contribution in [3.8, 4) is 0 Å². The number of aromatic nitrogens is 5. The summed E-state index contributed by atoms with van der Waals surface area (Å²) in [5.41, 5.74) is 8.00. The highest BCUT2D eigenvalue weighted by Crippen LogP contribution is 2.37. The molecule has 0 aromatic carbocycles. The molecular weight excluding hydrogens is 504 g/mol. The monoisotopic (exact) mass is 528 g/mol. The number of rotatable bonds is 6. The Balaban J connectivity index is 1.32. The standard InChI is InChI=1S/C23H25ClN8OS2/c1-13-12-34-22(28-13)15-10-32(9-14(15)6-25)18-7-27-19(8-26-18)35-17-4-5-31-11-16(23(33)30(2)3)29-21(31)20(17)24/h4-5,7-8,11-12,14-15H,6,9-10,25H2,1-3H3/t14-,15?/m1/s1. The highest BCUT2D eigenvalue weighted by Gasteiger charge is 2.35. The van der Waals surface area contributed by atoms with E-state index in [9.17, 15) is 4.79 Å². The maximum atomic E-state index is 12.3. The molecule has 5 rings (SSSR count). The third kappa shape index (κ3) is 4.73. The number of carbonyl (C=O) groups is 1. The Kier molecular flexibility index (Phi) is 6.67. The Morgan fingerprint density at radius 3 is 2.77 bits per heavy atom. The quantitative estimate of drug-likeness (QED) is 0.405. The van der Waals surface area contributed by atoms with Gasteiger partial charge in [-0.15, -0.1) is 11.3 Å². The van der Waals surface area contributed by atoms with Crippen molar-refractivity contribution in [3.05, 3.63) is 57.7 Å². The summed E-state index contributed by atoms with van der Waals surface area (Å²) in [6.45, 7) is 4.28. The van der Waals surface area contributed by atoms with E-state index in [-0.39, 0.29) is 5.91 Å². The molecule has 2 atom stereocenters. The van der Waals surface area contributed by atoms with Crippen molar-refractivity contribution in [2.75, 3.05) is 38.6 Å². The Morgan fingerprint density at radius 1 is 1.29 bits per heavy atom. The molecule has 35 heavy (non-hydrogen) atoms. The Hall–Kier alpha value is -2.73. The highest BCUT2D eigenvalue weighted by molar-refractivity contribution is 7.99. The molecule has 4 aromatic heterocycles. The molecule has 1 amide bonds. The van der Waals surface area contributed by atoms with Gasteiger partial charge in [0, 0.05) is 61.5 Å². The SMILES string of the molecule is Cc1csc(C2CN(c3cnc(Sc4ccn5cc(C(=O)N(C)C)nc5c4Cl)cn3)C[C@H]2CN)n1. The molecule has 0 saturated carbocycles. The second-order valence-electron chi connectivity index (χ2n) is 8.70. The number of hydrogen-bond donors (Lipinski definition) is 1. The van der Waals surface area contributed by atoms with Gasteiger partial charge in [-0.2, -0.15) is 0 Å². The Labute approximate surface area is 216 Å². The number of carbonyl (C=O) groups excluding carboxylic acids is 1. The number of anilines is 1. The van der Waals surface area contributed by atoms with E-state index in [1.165, 1.54) is 16.7 Å². The molecular formula is C23H25ClN8OS2. The van der Waals surface area contributed by atoms with Crippen molar-refractivity contribution in [3.63, 3.8) is 0 Å². The molecule has 1 saturated heterocycles. The lowest BCUT2D eigenvalue weighted by atomic mass is 9.97. The lowest BCUT2D eigenvalue weighted by molar-refractivity contribution is 0.0822. The highest BCUT2D eigenvalue weighted by atomic mass is 35.5. The number of aryl methyl sites for hydroxylation is 1. The zero-order valence-corrected chi connectivity index (χ0v) is 21.9. The average molecular weight is 529 g/mol. The van der Waals surface area contributed by atoms with Gasteiger partial charge in [0.2, 0.25) is 0 Å². The number of fused-ring (bicyclic) bond motifs is 1. The summed E-state index contributed by atoms with van der Waals surface area (Å²) in [7, 11) is 3.38. The first-order chi connectivity index (χ1) is 16.8. The number of pyridine rings is 1. The van der Waals surface area contributed by atoms with Crippen LogP contribution in [0.4, 0.5) is 5.82 Å². The second kappa shape index (κ2) is 9.73. The lowest BCUT2D eigenvalue weighted by Crippen LogP contribution is -2.23. The molecule has 0 radical (unpaired) electrons. The van der Waals surface area contributed by atoms with Crippen LogP contribution < -0.4 is 10.6 Å². The number of halogens is 1. The molecule has 9 nitrogen and oxygen atoms in total. The minimum atomic E-state index is -0.175. The summed E-state index contributed by atoms with van der Waals surface area (Å²) in [6, 6.07) is 1.88. The predicted octanol–water partition coefficient (Wildman–Crippen LogP) is 3.57. The van der Waals surface area contributed by atoms with Gasteiger partial charge in [-0.1, -0.05) is 23.4 Å². The van der Waals surface area contributed by atoms with Crippen LogP contribution in [0.5, 0.6) is 0 Å². The topological polar surface area (TPSA) is 106 Å². The summed E-state index contributed by atoms with van der Waals surface area (Å²) in [5.74, 6) is 1.29. The normalized spacial score (nSPS) is 17.9. The molecule has 0 aliphatic carbocycles. The van der Waals surface area contributed by atoms with Crippen LogP contribution >= 0.6 is 34.7 Å². The minimum absolute atomic E-state index is 0.175. The third-order valence-electron chi connectivity index (χ3n) is 6.01. The summed E-state index contributed by atoms with van der Waals surface area (Å²) in [4.78, 5) is 35.2. The van der Waals surface area contributed by atoms with Crippen LogP contribution in [0, 0.1) is 12.8 Å². The van der Waals surface area contributed by atoms with E-state index in [2.05, 4.69) is 30.2 Å². The molecule has 182 valence electrons. The van der Waals surface area contributed by atoms with Crippen LogP contribution in [0.1, 0.15) is 27.1 Å². The van der Waals surface area contributed by atoms with Gasteiger partial charge in [0.15, 0.2) is 5.65 Å². The molecule has 1 unspecified atom stereocenters. The maximum Gasteiger partial charge on any atom is 0.273 e. The van der Waals surface area contributed by atoms with Crippen molar-refractivity contribution < 1.29 is 4.79 Å². The molecule has 1 aliphatic heterocycles. The van der Waals surface area contributed by atoms with E-state index in [0.29, 0.717) is 34.7 Å². The zero-order valence-electron chi connectivity index (χ0n) is 19.6. The third-order valence-corrected chi connectivity index (χ3v) is 8.57. The van der Waals surface area contributed by atoms with Gasteiger partial charge in [0.1, 0.15) is 16.5 Å². The minimum Gasteiger partial charge on any atom is -0.354 e. The lowest BCUT2D eigenvalue weighted by Gasteiger charge is -2.16. The van der Waals surface area contributed by atoms with Gasteiger partial charge in [0.05, 0.1) is 22.4 Å². The van der Waals surface area contributed by atoms with Crippen molar-refractivity contribution >= 4 is 52.1 Å². The van der Waals surface area contributed by atoms with Crippen molar-refractivity contribution in [2.24, 2.45) is 11.7 Å². The van der Waals surface area contributed by atoms with E-state index in [1.54, 1.807) is 48.4 Å². The van der Waals surface area contributed by atoms with Gasteiger partial charge in [-0.05, 0) is 25.5 Å². The van der Waals surface area contributed by atoms with E-state index in [0.717, 1.165) is 39.5 Å². The van der Waals surface area contributed by atoms with Crippen LogP contribution in [0.15, 0.2) is 46.2 Å². The van der Waals surface area contributed by atoms with E-state index < -0.39 is 0 Å². The van der Waals surface area contributed by atoms with Crippen molar-refractivity contribution in [2.45, 2.75) is 22.8 Å². The summed E-state index contributed by atoms with van der Waals surface area (Å²) < 4.78 is 1.75. The number of imidazole rings is 1. The summed E-state index contributed by atoms with van der Waals surface area (Å²) >= 11 is 9.74. The molecule has 2 N–H and O–H groups in total. The fourth-order valence-electron chi connectivity index (χ4n) is 4.17. The smallest absolute Gasteiger partial charge is 0.273 e. The fourth-order valence-corrected chi connectivity index (χ4v) is 6.22. The van der Waals surface area contributed by atoms with Gasteiger partial charge < -0.3 is 19.9 Å². The molecule has 5 heterocycles. The number of thiazole rings is 1. The van der Waals surface area contributed by atoms with Crippen molar-refractivity contribution in [1.29, 1.82) is 0 Å².